The van der Waals surface area contributed by atoms with Crippen LogP contribution in [0.3, 0.4) is 0 Å². The molecule has 0 spiro atoms. The van der Waals surface area contributed by atoms with Crippen molar-refractivity contribution < 1.29 is 42.1 Å². The molecule has 26 heteroatoms. The van der Waals surface area contributed by atoms with Crippen LogP contribution in [-0.2, 0) is 56.2 Å². The van der Waals surface area contributed by atoms with E-state index in [1.54, 1.807) is 0 Å². The van der Waals surface area contributed by atoms with Crippen molar-refractivity contribution in [3.8, 4) is 0 Å². The number of nitrogen functional groups attached to an aromatic ring is 2. The van der Waals surface area contributed by atoms with E-state index in [9.17, 15) is 24.2 Å². The molecule has 47 heavy (non-hydrogen) atoms. The molecule has 10 atom stereocenters. The number of nitrogens with zero attached hydrogens (tertiary/aromatic N) is 5. The van der Waals surface area contributed by atoms with Gasteiger partial charge in [-0.15, -0.1) is 0 Å². The first-order valence-electron chi connectivity index (χ1n) is 13.2. The lowest BCUT2D eigenvalue weighted by molar-refractivity contribution is -0.215. The molecule has 0 saturated carbocycles. The van der Waals surface area contributed by atoms with Gasteiger partial charge in [-0.05, 0) is 0 Å². The van der Waals surface area contributed by atoms with Crippen LogP contribution in [0.5, 0.6) is 0 Å². The highest BCUT2D eigenvalue weighted by atomic mass is 32.7. The lowest BCUT2D eigenvalue weighted by atomic mass is 9.95. The van der Waals surface area contributed by atoms with Crippen LogP contribution in [-0.4, -0.2) is 90.6 Å². The van der Waals surface area contributed by atoms with Crippen LogP contribution in [0, 0.1) is 0 Å². The third-order valence-corrected chi connectivity index (χ3v) is 10.7. The van der Waals surface area contributed by atoms with E-state index in [-0.39, 0.29) is 53.2 Å². The molecule has 3 aromatic rings. The van der Waals surface area contributed by atoms with Crippen LogP contribution in [0.4, 0.5) is 17.6 Å². The van der Waals surface area contributed by atoms with Gasteiger partial charge in [-0.2, -0.15) is 4.98 Å². The third kappa shape index (κ3) is 6.67. The Labute approximate surface area is 273 Å². The number of hydrogen-bond donors (Lipinski definition) is 7. The quantitative estimate of drug-likeness (QED) is 0.123. The molecule has 0 amide bonds. The zero-order valence-corrected chi connectivity index (χ0v) is 27.9. The van der Waals surface area contributed by atoms with Gasteiger partial charge in [0.2, 0.25) is 11.9 Å². The number of ether oxygens (including phenoxy) is 2. The Hall–Kier alpha value is -2.67. The van der Waals surface area contributed by atoms with Crippen molar-refractivity contribution in [3.05, 3.63) is 32.7 Å². The molecule has 22 nitrogen and oxygen atoms in total. The van der Waals surface area contributed by atoms with Gasteiger partial charge in [0.15, 0.2) is 23.6 Å². The number of fused-ring (bicyclic) bond motifs is 4. The molecule has 3 unspecified atom stereocenters. The second-order valence-corrected chi connectivity index (χ2v) is 15.9. The van der Waals surface area contributed by atoms with Gasteiger partial charge in [0, 0.05) is 12.6 Å². The summed E-state index contributed by atoms with van der Waals surface area (Å²) in [5.41, 5.74) is 10.5. The van der Waals surface area contributed by atoms with Crippen molar-refractivity contribution in [3.63, 3.8) is 0 Å². The van der Waals surface area contributed by atoms with Crippen molar-refractivity contribution in [2.45, 2.75) is 55.2 Å². The molecule has 3 saturated heterocycles. The zero-order valence-electron chi connectivity index (χ0n) is 24.5. The fraction of sp³-hybridized carbons (Fsp3) is 0.524. The van der Waals surface area contributed by atoms with E-state index in [1.165, 1.54) is 17.1 Å². The van der Waals surface area contributed by atoms with Gasteiger partial charge in [0.05, 0.1) is 37.3 Å². The fourth-order valence-corrected chi connectivity index (χ4v) is 8.53. The monoisotopic (exact) mass is 739 g/mol. The number of aromatic amines is 2. The summed E-state index contributed by atoms with van der Waals surface area (Å²) >= 11 is 10.3. The Morgan fingerprint density at radius 3 is 2.49 bits per heavy atom. The lowest BCUT2D eigenvalue weighted by Crippen LogP contribution is -2.39. The Kier molecular flexibility index (Phi) is 9.84. The van der Waals surface area contributed by atoms with Crippen molar-refractivity contribution >= 4 is 72.5 Å². The topological polar surface area (TPSA) is 362 Å². The summed E-state index contributed by atoms with van der Waals surface area (Å²) in [5.74, 6) is -1.19. The average molecular weight is 740 g/mol. The number of rotatable bonds is 2. The Morgan fingerprint density at radius 2 is 1.72 bits per heavy atom. The normalized spacial score (nSPS) is 36.7. The molecule has 258 valence electrons. The van der Waals surface area contributed by atoms with Crippen LogP contribution in [0.25, 0.3) is 11.2 Å². The summed E-state index contributed by atoms with van der Waals surface area (Å²) in [6, 6.07) is 0. The van der Waals surface area contributed by atoms with E-state index >= 15 is 0 Å². The summed E-state index contributed by atoms with van der Waals surface area (Å²) in [6.07, 6.45) is -5.67. The van der Waals surface area contributed by atoms with Gasteiger partial charge >= 0.3 is 0 Å². The SMILES string of the molecule is Nc1nc2c(c(=O)[nH]1)N=CC2[C@@H]1O[C@@H]2COP([O-])(=S)O[C@H]3C[C@H](n4cnc5c(=O)[nH]c(N)nc54)O[C@@H]3COP(=O)([S-])O[C@H]2[C@H]1O.[NH4+].[NH4+]. The predicted octanol–water partition coefficient (Wildman–Crippen LogP) is -0.908. The number of H-pyrrole nitrogens is 2. The maximum atomic E-state index is 13.4. The second-order valence-electron chi connectivity index (χ2n) is 10.5. The van der Waals surface area contributed by atoms with Crippen LogP contribution in [0.1, 0.15) is 24.3 Å². The van der Waals surface area contributed by atoms with E-state index < -0.39 is 86.6 Å². The third-order valence-electron chi connectivity index (χ3n) is 7.60. The highest BCUT2D eigenvalue weighted by Gasteiger charge is 2.51. The highest BCUT2D eigenvalue weighted by Crippen LogP contribution is 2.53. The lowest BCUT2D eigenvalue weighted by Gasteiger charge is -2.36. The number of imidazole rings is 1. The van der Waals surface area contributed by atoms with Crippen molar-refractivity contribution in [2.24, 2.45) is 4.99 Å². The molecule has 0 radical (unpaired) electrons. The van der Waals surface area contributed by atoms with Crippen LogP contribution >= 0.6 is 13.5 Å². The minimum absolute atomic E-state index is 0. The first-order valence-corrected chi connectivity index (χ1v) is 18.3. The molecular weight excluding hydrogens is 708 g/mol. The Balaban J connectivity index is 0.00000217. The van der Waals surface area contributed by atoms with E-state index in [1.807, 2.05) is 0 Å². The number of aliphatic hydroxyl groups excluding tert-OH is 1. The molecule has 4 aliphatic heterocycles. The number of hydrogen-bond acceptors (Lipinski definition) is 19. The molecule has 4 aliphatic rings. The number of aliphatic imine (C=N–C) groups is 1. The minimum Gasteiger partial charge on any atom is -0.780 e. The predicted molar refractivity (Wildman–Crippen MR) is 169 cm³/mol. The van der Waals surface area contributed by atoms with E-state index in [2.05, 4.69) is 29.9 Å². The van der Waals surface area contributed by atoms with Gasteiger partial charge in [-0.1, -0.05) is 11.8 Å². The van der Waals surface area contributed by atoms with Gasteiger partial charge in [0.25, 0.3) is 11.1 Å². The molecule has 0 bridgehead atoms. The van der Waals surface area contributed by atoms with E-state index in [4.69, 9.17) is 63.1 Å². The minimum atomic E-state index is -4.36. The summed E-state index contributed by atoms with van der Waals surface area (Å²) < 4.78 is 49.1. The van der Waals surface area contributed by atoms with Gasteiger partial charge in [-0.3, -0.25) is 33.7 Å². The number of aromatic nitrogens is 6. The molecule has 7 heterocycles. The summed E-state index contributed by atoms with van der Waals surface area (Å²) in [7, 11) is 0. The Bertz CT molecular complexity index is 1930. The maximum absolute atomic E-state index is 13.4. The first-order chi connectivity index (χ1) is 21.3. The number of aliphatic hydroxyl groups is 1. The number of nitrogens with two attached hydrogens (primary N) is 2. The van der Waals surface area contributed by atoms with Gasteiger partial charge < -0.3 is 73.6 Å². The average Bonchev–Trinajstić information content (AvgIpc) is 3.71. The number of quaternary nitrogens is 2. The van der Waals surface area contributed by atoms with Crippen molar-refractivity contribution in [2.75, 3.05) is 24.7 Å². The summed E-state index contributed by atoms with van der Waals surface area (Å²) in [5, 5.41) is 11.3. The van der Waals surface area contributed by atoms with Crippen molar-refractivity contribution in [1.29, 1.82) is 0 Å². The summed E-state index contributed by atoms with van der Waals surface area (Å²) in [6.45, 7) is -9.65. The first kappa shape index (κ1) is 35.6. The molecule has 7 rings (SSSR count). The largest absolute Gasteiger partial charge is 0.780 e. The molecule has 0 aliphatic carbocycles. The van der Waals surface area contributed by atoms with E-state index in [0.717, 1.165) is 0 Å². The van der Waals surface area contributed by atoms with Gasteiger partial charge in [0.1, 0.15) is 43.5 Å². The van der Waals surface area contributed by atoms with Crippen LogP contribution in [0.2, 0.25) is 0 Å². The number of anilines is 2. The molecule has 0 aromatic carbocycles. The zero-order chi connectivity index (χ0) is 31.8. The summed E-state index contributed by atoms with van der Waals surface area (Å²) in [4.78, 5) is 58.9. The standard InChI is InChI=1S/C21H25N9O11P2S2.2H3N/c22-20-26-11-6(2-24-12(11)18(32)28-20)15-14(31)16-9(39-15)4-37-42(34,44)40-7-1-10(38-8(7)3-36-43(35,45)41-16)30-5-25-13-17(30)27-21(23)29-19(13)33;;/h2,5-10,14-16,31H,1,3-4H2,(H,34,44)(H,35,45)(H3,22,26,28,32)(H3,23,27,29,33);2*1H3/t6?,7-,8+,9+,10+,14-,15-,16+,42?,43?;;/m0../s1. The maximum Gasteiger partial charge on any atom is 0.280 e. The molecular formula is C21H31N11O11P2S2. The van der Waals surface area contributed by atoms with Crippen LogP contribution < -0.4 is 39.8 Å². The Morgan fingerprint density at radius 1 is 1.02 bits per heavy atom. The highest BCUT2D eigenvalue weighted by molar-refractivity contribution is 8.32. The molecule has 3 fully saturated rings. The fourth-order valence-electron chi connectivity index (χ4n) is 5.64. The van der Waals surface area contributed by atoms with E-state index in [0.29, 0.717) is 0 Å². The number of nitrogens with one attached hydrogen (secondary N) is 2. The second kappa shape index (κ2) is 13.0. The smallest absolute Gasteiger partial charge is 0.280 e. The van der Waals surface area contributed by atoms with Crippen molar-refractivity contribution in [1.82, 2.24) is 41.8 Å². The van der Waals surface area contributed by atoms with Gasteiger partial charge in [-0.25, -0.2) is 9.97 Å². The molecule has 3 aromatic heterocycles. The molecule has 15 N–H and O–H groups in total. The van der Waals surface area contributed by atoms with Crippen LogP contribution in [0.15, 0.2) is 20.9 Å².